The molecule has 0 amide bonds. The van der Waals surface area contributed by atoms with Crippen molar-refractivity contribution >= 4 is 17.0 Å². The number of ether oxygens (including phenoxy) is 1. The Morgan fingerprint density at radius 1 is 1.50 bits per heavy atom. The third kappa shape index (κ3) is 2.08. The van der Waals surface area contributed by atoms with Crippen LogP contribution in [0, 0.1) is 0 Å². The third-order valence-electron chi connectivity index (χ3n) is 2.15. The molecule has 0 aliphatic heterocycles. The van der Waals surface area contributed by atoms with Gasteiger partial charge in [-0.3, -0.25) is 0 Å². The van der Waals surface area contributed by atoms with E-state index in [2.05, 4.69) is 15.0 Å². The van der Waals surface area contributed by atoms with Crippen molar-refractivity contribution in [2.24, 2.45) is 0 Å². The topological polar surface area (TPSA) is 57.0 Å². The number of fused-ring (bicyclic) bond motifs is 1. The number of benzene rings is 1. The van der Waals surface area contributed by atoms with Gasteiger partial charge in [0.2, 0.25) is 0 Å². The quantitative estimate of drug-likeness (QED) is 0.572. The fourth-order valence-electron chi connectivity index (χ4n) is 1.37. The second-order valence-electron chi connectivity index (χ2n) is 3.19. The van der Waals surface area contributed by atoms with Crippen molar-refractivity contribution < 1.29 is 9.53 Å². The van der Waals surface area contributed by atoms with Gasteiger partial charge in [-0.15, -0.1) is 5.10 Å². The number of hydrogen-bond donors (Lipinski definition) is 0. The van der Waals surface area contributed by atoms with Crippen molar-refractivity contribution in [1.82, 2.24) is 15.0 Å². The minimum atomic E-state index is -0.371. The van der Waals surface area contributed by atoms with Gasteiger partial charge in [0.1, 0.15) is 5.52 Å². The van der Waals surface area contributed by atoms with Gasteiger partial charge < -0.3 is 4.74 Å². The Hall–Kier alpha value is -2.17. The lowest BCUT2D eigenvalue weighted by Crippen LogP contribution is -1.99. The molecule has 2 aromatic rings. The van der Waals surface area contributed by atoms with Crippen LogP contribution in [0.2, 0.25) is 0 Å². The van der Waals surface area contributed by atoms with Crippen LogP contribution in [0.1, 0.15) is 0 Å². The van der Waals surface area contributed by atoms with E-state index in [-0.39, 0.29) is 5.97 Å². The van der Waals surface area contributed by atoms with E-state index in [1.54, 1.807) is 10.8 Å². The molecule has 0 saturated carbocycles. The number of para-hydroxylation sites is 1. The molecule has 0 saturated heterocycles. The van der Waals surface area contributed by atoms with E-state index in [1.165, 1.54) is 13.2 Å². The van der Waals surface area contributed by atoms with Gasteiger partial charge in [-0.1, -0.05) is 23.4 Å². The molecule has 0 atom stereocenters. The second-order valence-corrected chi connectivity index (χ2v) is 3.19. The van der Waals surface area contributed by atoms with Crippen molar-refractivity contribution in [3.8, 4) is 0 Å². The Labute approximate surface area is 92.3 Å². The fraction of sp³-hybridized carbons (Fsp3) is 0.182. The Morgan fingerprint density at radius 3 is 3.12 bits per heavy atom. The van der Waals surface area contributed by atoms with Crippen LogP contribution in [0.25, 0.3) is 11.0 Å². The molecule has 0 radical (unpaired) electrons. The predicted octanol–water partition coefficient (Wildman–Crippen LogP) is 1.16. The number of esters is 1. The normalized spacial score (nSPS) is 11.1. The summed E-state index contributed by atoms with van der Waals surface area (Å²) < 4.78 is 6.20. The summed E-state index contributed by atoms with van der Waals surface area (Å²) in [5.41, 5.74) is 1.78. The van der Waals surface area contributed by atoms with E-state index in [0.717, 1.165) is 11.0 Å². The van der Waals surface area contributed by atoms with Crippen LogP contribution in [0.3, 0.4) is 0 Å². The van der Waals surface area contributed by atoms with Crippen LogP contribution in [0.4, 0.5) is 0 Å². The Morgan fingerprint density at radius 2 is 2.31 bits per heavy atom. The zero-order valence-electron chi connectivity index (χ0n) is 8.83. The summed E-state index contributed by atoms with van der Waals surface area (Å²) in [4.78, 5) is 10.8. The number of carbonyl (C=O) groups excluding carboxylic acids is 1. The van der Waals surface area contributed by atoms with Gasteiger partial charge >= 0.3 is 5.97 Å². The van der Waals surface area contributed by atoms with E-state index in [1.807, 2.05) is 24.3 Å². The molecule has 0 bridgehead atoms. The maximum atomic E-state index is 10.8. The van der Waals surface area contributed by atoms with Crippen LogP contribution in [0.5, 0.6) is 0 Å². The van der Waals surface area contributed by atoms with Crippen LogP contribution in [-0.4, -0.2) is 28.1 Å². The lowest BCUT2D eigenvalue weighted by Gasteiger charge is -1.96. The number of aromatic nitrogens is 3. The fourth-order valence-corrected chi connectivity index (χ4v) is 1.37. The molecule has 16 heavy (non-hydrogen) atoms. The van der Waals surface area contributed by atoms with E-state index < -0.39 is 0 Å². The highest BCUT2D eigenvalue weighted by Crippen LogP contribution is 2.09. The number of methoxy groups -OCH3 is 1. The van der Waals surface area contributed by atoms with Crippen LogP contribution in [0.15, 0.2) is 36.4 Å². The van der Waals surface area contributed by atoms with Gasteiger partial charge in [-0.2, -0.15) is 0 Å². The van der Waals surface area contributed by atoms with E-state index >= 15 is 0 Å². The monoisotopic (exact) mass is 217 g/mol. The first kappa shape index (κ1) is 10.4. The van der Waals surface area contributed by atoms with Gasteiger partial charge in [-0.25, -0.2) is 9.48 Å². The summed E-state index contributed by atoms with van der Waals surface area (Å²) in [5.74, 6) is -0.371. The van der Waals surface area contributed by atoms with Crippen molar-refractivity contribution in [3.63, 3.8) is 0 Å². The van der Waals surface area contributed by atoms with Gasteiger partial charge in [0.25, 0.3) is 0 Å². The first-order valence-electron chi connectivity index (χ1n) is 4.84. The Kier molecular flexibility index (Phi) is 2.95. The second kappa shape index (κ2) is 4.57. The predicted molar refractivity (Wildman–Crippen MR) is 58.7 cm³/mol. The Balaban J connectivity index is 2.16. The highest BCUT2D eigenvalue weighted by atomic mass is 16.5. The first-order valence-corrected chi connectivity index (χ1v) is 4.84. The SMILES string of the molecule is COC(=O)/C=C/Cn1nnc2ccccc21. The van der Waals surface area contributed by atoms with Crippen molar-refractivity contribution in [3.05, 3.63) is 36.4 Å². The Bertz CT molecular complexity index is 531. The molecule has 82 valence electrons. The summed E-state index contributed by atoms with van der Waals surface area (Å²) in [6.45, 7) is 0.496. The van der Waals surface area contributed by atoms with Gasteiger partial charge in [0.05, 0.1) is 19.2 Å². The van der Waals surface area contributed by atoms with Crippen molar-refractivity contribution in [1.29, 1.82) is 0 Å². The molecule has 0 aliphatic carbocycles. The summed E-state index contributed by atoms with van der Waals surface area (Å²) >= 11 is 0. The summed E-state index contributed by atoms with van der Waals surface area (Å²) in [6, 6.07) is 7.65. The molecule has 0 fully saturated rings. The minimum Gasteiger partial charge on any atom is -0.466 e. The number of allylic oxidation sites excluding steroid dienone is 1. The van der Waals surface area contributed by atoms with Gasteiger partial charge in [0, 0.05) is 6.08 Å². The molecule has 2 rings (SSSR count). The molecule has 0 aliphatic rings. The lowest BCUT2D eigenvalue weighted by molar-refractivity contribution is -0.134. The molecule has 5 nitrogen and oxygen atoms in total. The first-order chi connectivity index (χ1) is 7.81. The molecular formula is C11H11N3O2. The van der Waals surface area contributed by atoms with Gasteiger partial charge in [-0.05, 0) is 12.1 Å². The summed E-state index contributed by atoms with van der Waals surface area (Å²) in [6.07, 6.45) is 3.06. The molecule has 0 unspecified atom stereocenters. The molecule has 0 spiro atoms. The molecule has 5 heteroatoms. The largest absolute Gasteiger partial charge is 0.466 e. The standard InChI is InChI=1S/C11H11N3O2/c1-16-11(15)7-4-8-14-10-6-3-2-5-9(10)12-13-14/h2-7H,8H2,1H3/b7-4+. The lowest BCUT2D eigenvalue weighted by atomic mass is 10.3. The zero-order chi connectivity index (χ0) is 11.4. The molecular weight excluding hydrogens is 206 g/mol. The van der Waals surface area contributed by atoms with Crippen LogP contribution >= 0.6 is 0 Å². The third-order valence-corrected chi connectivity index (χ3v) is 2.15. The average Bonchev–Trinajstić information content (AvgIpc) is 2.73. The zero-order valence-corrected chi connectivity index (χ0v) is 8.83. The highest BCUT2D eigenvalue weighted by Gasteiger charge is 2.00. The molecule has 0 N–H and O–H groups in total. The molecule has 1 heterocycles. The van der Waals surface area contributed by atoms with Crippen LogP contribution in [-0.2, 0) is 16.1 Å². The number of rotatable bonds is 3. The van der Waals surface area contributed by atoms with E-state index in [0.29, 0.717) is 6.54 Å². The maximum Gasteiger partial charge on any atom is 0.330 e. The number of hydrogen-bond acceptors (Lipinski definition) is 4. The summed E-state index contributed by atoms with van der Waals surface area (Å²) in [7, 11) is 1.34. The number of nitrogens with zero attached hydrogens (tertiary/aromatic N) is 3. The highest BCUT2D eigenvalue weighted by molar-refractivity contribution is 5.81. The van der Waals surface area contributed by atoms with E-state index in [4.69, 9.17) is 0 Å². The van der Waals surface area contributed by atoms with Crippen molar-refractivity contribution in [2.45, 2.75) is 6.54 Å². The molecule has 1 aromatic heterocycles. The maximum absolute atomic E-state index is 10.8. The number of carbonyl (C=O) groups is 1. The van der Waals surface area contributed by atoms with E-state index in [9.17, 15) is 4.79 Å². The minimum absolute atomic E-state index is 0.371. The smallest absolute Gasteiger partial charge is 0.330 e. The van der Waals surface area contributed by atoms with Crippen LogP contribution < -0.4 is 0 Å². The molecule has 1 aromatic carbocycles. The van der Waals surface area contributed by atoms with Gasteiger partial charge in [0.15, 0.2) is 0 Å². The summed E-state index contributed by atoms with van der Waals surface area (Å²) in [5, 5.41) is 7.98. The average molecular weight is 217 g/mol. The van der Waals surface area contributed by atoms with Crippen molar-refractivity contribution in [2.75, 3.05) is 7.11 Å².